The molecule has 4 aromatic heterocycles. The van der Waals surface area contributed by atoms with Crippen molar-refractivity contribution < 1.29 is 0 Å². The maximum Gasteiger partial charge on any atom is 0.266 e. The molecule has 0 bridgehead atoms. The fourth-order valence-corrected chi connectivity index (χ4v) is 4.33. The van der Waals surface area contributed by atoms with Crippen molar-refractivity contribution in [1.29, 1.82) is 0 Å². The number of fused-ring (bicyclic) bond motifs is 2. The Kier molecular flexibility index (Phi) is 5.32. The van der Waals surface area contributed by atoms with Gasteiger partial charge in [0, 0.05) is 24.7 Å². The summed E-state index contributed by atoms with van der Waals surface area (Å²) in [5.41, 5.74) is 1.82. The number of nitrogens with one attached hydrogen (secondary N) is 1. The summed E-state index contributed by atoms with van der Waals surface area (Å²) in [6.45, 7) is 2.63. The van der Waals surface area contributed by atoms with E-state index >= 15 is 0 Å². The Labute approximate surface area is 187 Å². The normalized spacial score (nSPS) is 11.4. The molecule has 0 spiro atoms. The van der Waals surface area contributed by atoms with Crippen molar-refractivity contribution >= 4 is 33.6 Å². The SMILES string of the molecule is CCCn1ccc2nc3ccn(-c4nc(SCc5ccccc5)n[nH]4)c(=O)c3cc2c1=O. The molecule has 160 valence electrons. The van der Waals surface area contributed by atoms with Crippen molar-refractivity contribution in [3.63, 3.8) is 0 Å². The monoisotopic (exact) mass is 444 g/mol. The second-order valence-corrected chi connectivity index (χ2v) is 8.32. The molecule has 8 nitrogen and oxygen atoms in total. The van der Waals surface area contributed by atoms with Crippen molar-refractivity contribution in [2.45, 2.75) is 30.8 Å². The molecule has 1 aromatic carbocycles. The van der Waals surface area contributed by atoms with Crippen LogP contribution in [0.25, 0.3) is 27.8 Å². The van der Waals surface area contributed by atoms with Crippen molar-refractivity contribution in [2.24, 2.45) is 0 Å². The van der Waals surface area contributed by atoms with E-state index in [1.807, 2.05) is 43.3 Å². The van der Waals surface area contributed by atoms with Gasteiger partial charge in [0.1, 0.15) is 0 Å². The lowest BCUT2D eigenvalue weighted by molar-refractivity contribution is 0.659. The summed E-state index contributed by atoms with van der Waals surface area (Å²) >= 11 is 1.48. The predicted molar refractivity (Wildman–Crippen MR) is 125 cm³/mol. The maximum absolute atomic E-state index is 13.2. The summed E-state index contributed by atoms with van der Waals surface area (Å²) in [6.07, 6.45) is 4.21. The molecule has 0 saturated heterocycles. The van der Waals surface area contributed by atoms with Crippen LogP contribution in [-0.2, 0) is 12.3 Å². The summed E-state index contributed by atoms with van der Waals surface area (Å²) in [5.74, 6) is 1.05. The molecule has 0 saturated carbocycles. The lowest BCUT2D eigenvalue weighted by Crippen LogP contribution is -2.22. The molecule has 0 aliphatic carbocycles. The van der Waals surface area contributed by atoms with Crippen molar-refractivity contribution in [1.82, 2.24) is 29.3 Å². The number of hydrogen-bond acceptors (Lipinski definition) is 6. The lowest BCUT2D eigenvalue weighted by atomic mass is 10.2. The molecule has 0 aliphatic heterocycles. The van der Waals surface area contributed by atoms with Gasteiger partial charge in [0.2, 0.25) is 11.1 Å². The van der Waals surface area contributed by atoms with Crippen LogP contribution in [0.2, 0.25) is 0 Å². The van der Waals surface area contributed by atoms with E-state index in [-0.39, 0.29) is 11.1 Å². The highest BCUT2D eigenvalue weighted by Gasteiger charge is 2.13. The van der Waals surface area contributed by atoms with Gasteiger partial charge in [0.25, 0.3) is 11.1 Å². The van der Waals surface area contributed by atoms with Gasteiger partial charge in [-0.3, -0.25) is 14.2 Å². The zero-order chi connectivity index (χ0) is 22.1. The first-order valence-electron chi connectivity index (χ1n) is 10.3. The van der Waals surface area contributed by atoms with Crippen LogP contribution in [0.1, 0.15) is 18.9 Å². The van der Waals surface area contributed by atoms with Crippen LogP contribution in [0.5, 0.6) is 0 Å². The Balaban J connectivity index is 1.52. The van der Waals surface area contributed by atoms with Gasteiger partial charge in [0.15, 0.2) is 0 Å². The number of nitrogens with zero attached hydrogens (tertiary/aromatic N) is 5. The number of aromatic nitrogens is 6. The first-order chi connectivity index (χ1) is 15.6. The van der Waals surface area contributed by atoms with Crippen LogP contribution in [0, 0.1) is 0 Å². The molecular weight excluding hydrogens is 424 g/mol. The largest absolute Gasteiger partial charge is 0.315 e. The Hall–Kier alpha value is -3.72. The molecule has 1 N–H and O–H groups in total. The second kappa shape index (κ2) is 8.43. The number of aromatic amines is 1. The van der Waals surface area contributed by atoms with Crippen LogP contribution >= 0.6 is 11.8 Å². The van der Waals surface area contributed by atoms with Gasteiger partial charge in [-0.1, -0.05) is 49.0 Å². The highest BCUT2D eigenvalue weighted by atomic mass is 32.2. The average Bonchev–Trinajstić information content (AvgIpc) is 3.29. The third-order valence-corrected chi connectivity index (χ3v) is 6.09. The summed E-state index contributed by atoms with van der Waals surface area (Å²) in [4.78, 5) is 35.0. The molecule has 4 heterocycles. The zero-order valence-electron chi connectivity index (χ0n) is 17.4. The molecule has 0 unspecified atom stereocenters. The first kappa shape index (κ1) is 20.2. The first-order valence-corrected chi connectivity index (χ1v) is 11.3. The summed E-state index contributed by atoms with van der Waals surface area (Å²) < 4.78 is 3.03. The number of hydrogen-bond donors (Lipinski definition) is 1. The quantitative estimate of drug-likeness (QED) is 0.318. The zero-order valence-corrected chi connectivity index (χ0v) is 18.2. The van der Waals surface area contributed by atoms with E-state index < -0.39 is 0 Å². The number of rotatable bonds is 6. The van der Waals surface area contributed by atoms with Crippen molar-refractivity contribution in [3.05, 3.63) is 87.2 Å². The molecule has 0 amide bonds. The molecule has 5 aromatic rings. The van der Waals surface area contributed by atoms with Gasteiger partial charge in [0.05, 0.1) is 21.8 Å². The van der Waals surface area contributed by atoms with Gasteiger partial charge in [-0.25, -0.2) is 10.1 Å². The lowest BCUT2D eigenvalue weighted by Gasteiger charge is -2.07. The Morgan fingerprint density at radius 1 is 0.938 bits per heavy atom. The van der Waals surface area contributed by atoms with Gasteiger partial charge in [-0.05, 0) is 30.2 Å². The summed E-state index contributed by atoms with van der Waals surface area (Å²) in [6, 6.07) is 15.2. The van der Waals surface area contributed by atoms with Crippen LogP contribution in [0.3, 0.4) is 0 Å². The number of aryl methyl sites for hydroxylation is 1. The Morgan fingerprint density at radius 3 is 2.47 bits per heavy atom. The Morgan fingerprint density at radius 2 is 1.69 bits per heavy atom. The fraction of sp³-hybridized carbons (Fsp3) is 0.174. The smallest absolute Gasteiger partial charge is 0.266 e. The van der Waals surface area contributed by atoms with E-state index in [1.54, 1.807) is 29.1 Å². The van der Waals surface area contributed by atoms with Crippen LogP contribution in [0.4, 0.5) is 0 Å². The van der Waals surface area contributed by atoms with Gasteiger partial charge < -0.3 is 4.57 Å². The minimum Gasteiger partial charge on any atom is -0.315 e. The van der Waals surface area contributed by atoms with E-state index in [0.717, 1.165) is 12.2 Å². The van der Waals surface area contributed by atoms with Crippen molar-refractivity contribution in [3.8, 4) is 5.95 Å². The summed E-state index contributed by atoms with van der Waals surface area (Å²) in [5, 5.41) is 8.40. The second-order valence-electron chi connectivity index (χ2n) is 7.38. The molecule has 0 radical (unpaired) electrons. The average molecular weight is 445 g/mol. The Bertz CT molecular complexity index is 1540. The number of thioether (sulfide) groups is 1. The van der Waals surface area contributed by atoms with E-state index in [2.05, 4.69) is 20.2 Å². The minimum atomic E-state index is -0.307. The summed E-state index contributed by atoms with van der Waals surface area (Å²) in [7, 11) is 0. The van der Waals surface area contributed by atoms with Crippen LogP contribution in [0.15, 0.2) is 75.7 Å². The number of H-pyrrole nitrogens is 1. The molecule has 32 heavy (non-hydrogen) atoms. The number of benzene rings is 1. The van der Waals surface area contributed by atoms with Crippen LogP contribution < -0.4 is 11.1 Å². The van der Waals surface area contributed by atoms with Gasteiger partial charge in [-0.2, -0.15) is 4.98 Å². The van der Waals surface area contributed by atoms with E-state index in [9.17, 15) is 9.59 Å². The maximum atomic E-state index is 13.2. The topological polar surface area (TPSA) is 98.5 Å². The number of pyridine rings is 3. The highest BCUT2D eigenvalue weighted by Crippen LogP contribution is 2.20. The molecule has 5 rings (SSSR count). The van der Waals surface area contributed by atoms with Crippen LogP contribution in [-0.4, -0.2) is 29.3 Å². The molecule has 9 heteroatoms. The van der Waals surface area contributed by atoms with E-state index in [1.165, 1.54) is 21.9 Å². The molecule has 0 atom stereocenters. The van der Waals surface area contributed by atoms with Crippen molar-refractivity contribution in [2.75, 3.05) is 0 Å². The molecule has 0 fully saturated rings. The third-order valence-electron chi connectivity index (χ3n) is 5.17. The van der Waals surface area contributed by atoms with Gasteiger partial charge >= 0.3 is 0 Å². The minimum absolute atomic E-state index is 0.146. The van der Waals surface area contributed by atoms with E-state index in [4.69, 9.17) is 0 Å². The fourth-order valence-electron chi connectivity index (χ4n) is 3.58. The van der Waals surface area contributed by atoms with Gasteiger partial charge in [-0.15, -0.1) is 5.10 Å². The molecule has 0 aliphatic rings. The van der Waals surface area contributed by atoms with E-state index in [0.29, 0.717) is 39.5 Å². The standard InChI is InChI=1S/C23H20N6O2S/c1-2-10-28-11-8-18-16(20(28)30)13-17-19(24-18)9-12-29(21(17)31)22-25-23(27-26-22)32-14-15-6-4-3-5-7-15/h3-9,11-13H,2,10,14H2,1H3,(H,25,26,27). The third kappa shape index (κ3) is 3.71. The highest BCUT2D eigenvalue weighted by molar-refractivity contribution is 7.98. The molecular formula is C23H20N6O2S. The predicted octanol–water partition coefficient (Wildman–Crippen LogP) is 3.52.